The second kappa shape index (κ2) is 11.8. The molecular weight excluding hydrogens is 546 g/mol. The molecule has 0 saturated heterocycles. The van der Waals surface area contributed by atoms with Gasteiger partial charge >= 0.3 is 0 Å². The van der Waals surface area contributed by atoms with Gasteiger partial charge in [0.05, 0.1) is 30.0 Å². The van der Waals surface area contributed by atoms with Gasteiger partial charge in [-0.05, 0) is 66.6 Å². The molecule has 1 heterocycles. The van der Waals surface area contributed by atoms with E-state index in [0.717, 1.165) is 31.7 Å². The third-order valence-electron chi connectivity index (χ3n) is 6.77. The number of carbonyl (C=O) groups excluding carboxylic acids is 1. The predicted molar refractivity (Wildman–Crippen MR) is 146 cm³/mol. The fourth-order valence-corrected chi connectivity index (χ4v) is 5.79. The zero-order valence-corrected chi connectivity index (χ0v) is 22.6. The average molecular weight is 571 g/mol. The number of fused-ring (bicyclic) bond motifs is 1. The lowest BCUT2D eigenvalue weighted by atomic mass is 10.0. The minimum atomic E-state index is -2.00. The summed E-state index contributed by atoms with van der Waals surface area (Å²) in [6, 6.07) is 13.0. The fraction of sp³-hybridized carbons (Fsp3) is 0.241. The monoisotopic (exact) mass is 570 g/mol. The summed E-state index contributed by atoms with van der Waals surface area (Å²) < 4.78 is 55.1. The molecule has 3 aromatic carbocycles. The molecule has 5 rings (SSSR count). The number of nitrogens with zero attached hydrogens (tertiary/aromatic N) is 1. The maximum absolute atomic E-state index is 14.8. The van der Waals surface area contributed by atoms with Crippen molar-refractivity contribution < 1.29 is 27.6 Å². The molecule has 1 N–H and O–H groups in total. The van der Waals surface area contributed by atoms with Gasteiger partial charge in [0.25, 0.3) is 5.91 Å². The number of rotatable bonds is 8. The summed E-state index contributed by atoms with van der Waals surface area (Å²) in [6.07, 6.45) is 5.99. The highest BCUT2D eigenvalue weighted by molar-refractivity contribution is 7.90. The van der Waals surface area contributed by atoms with Crippen LogP contribution in [0.25, 0.3) is 22.0 Å². The molecule has 1 aliphatic rings. The highest BCUT2D eigenvalue weighted by Gasteiger charge is 2.23. The van der Waals surface area contributed by atoms with Gasteiger partial charge in [0.15, 0.2) is 4.90 Å². The van der Waals surface area contributed by atoms with Gasteiger partial charge in [0.1, 0.15) is 34.5 Å². The highest BCUT2D eigenvalue weighted by Crippen LogP contribution is 2.35. The van der Waals surface area contributed by atoms with E-state index in [1.807, 2.05) is 0 Å². The Morgan fingerprint density at radius 2 is 1.90 bits per heavy atom. The lowest BCUT2D eigenvalue weighted by Crippen LogP contribution is -2.31. The number of hydrogen-bond acceptors (Lipinski definition) is 5. The molecule has 0 spiro atoms. The Balaban J connectivity index is 1.34. The summed E-state index contributed by atoms with van der Waals surface area (Å²) >= 11 is 4.26. The van der Waals surface area contributed by atoms with E-state index in [2.05, 4.69) is 9.71 Å². The molecule has 1 aliphatic carbocycles. The van der Waals surface area contributed by atoms with Crippen LogP contribution in [-0.2, 0) is 11.4 Å². The Hall–Kier alpha value is -3.40. The Labute approximate surface area is 232 Å². The summed E-state index contributed by atoms with van der Waals surface area (Å²) in [7, 11) is 1.48. The third kappa shape index (κ3) is 5.95. The summed E-state index contributed by atoms with van der Waals surface area (Å²) in [4.78, 5) is 17.5. The van der Waals surface area contributed by atoms with Gasteiger partial charge in [-0.25, -0.2) is 8.78 Å². The van der Waals surface area contributed by atoms with Crippen LogP contribution in [0.1, 0.15) is 36.0 Å². The van der Waals surface area contributed by atoms with Gasteiger partial charge in [-0.3, -0.25) is 9.78 Å². The molecule has 0 aliphatic heterocycles. The molecule has 1 saturated carbocycles. The van der Waals surface area contributed by atoms with E-state index in [-0.39, 0.29) is 21.2 Å². The number of pyridine rings is 1. The molecule has 1 amide bonds. The summed E-state index contributed by atoms with van der Waals surface area (Å²) in [6.45, 7) is 0.444. The highest BCUT2D eigenvalue weighted by atomic mass is 35.5. The first-order valence-corrected chi connectivity index (χ1v) is 13.9. The minimum Gasteiger partial charge on any atom is -0.588 e. The number of nitrogens with one attached hydrogen (secondary N) is 1. The van der Waals surface area contributed by atoms with E-state index in [1.54, 1.807) is 30.5 Å². The molecule has 0 bridgehead atoms. The molecular formula is C29H25ClF2N2O4S. The molecule has 4 aromatic rings. The van der Waals surface area contributed by atoms with Crippen LogP contribution in [0.4, 0.5) is 8.78 Å². The van der Waals surface area contributed by atoms with Gasteiger partial charge < -0.3 is 14.0 Å². The molecule has 1 aromatic heterocycles. The molecule has 0 radical (unpaired) electrons. The van der Waals surface area contributed by atoms with E-state index in [4.69, 9.17) is 21.1 Å². The van der Waals surface area contributed by atoms with Crippen LogP contribution in [-0.4, -0.2) is 29.2 Å². The summed E-state index contributed by atoms with van der Waals surface area (Å²) in [5.74, 6) is -1.10. The number of hydrogen-bond donors (Lipinski definition) is 1. The van der Waals surface area contributed by atoms with Gasteiger partial charge in [-0.1, -0.05) is 24.4 Å². The number of amides is 1. The van der Waals surface area contributed by atoms with E-state index in [1.165, 1.54) is 31.4 Å². The predicted octanol–water partition coefficient (Wildman–Crippen LogP) is 6.86. The second-order valence-corrected chi connectivity index (χ2v) is 10.9. The van der Waals surface area contributed by atoms with E-state index >= 15 is 0 Å². The SMILES string of the molecule is COc1ccc(F)cc1-c1nccc2cc([S+]([O-])NC(=O)c3cc(Cl)c(OCC4CCCC4)cc3F)ccc12. The van der Waals surface area contributed by atoms with Crippen molar-refractivity contribution in [1.29, 1.82) is 0 Å². The number of ether oxygens (including phenoxy) is 2. The molecule has 202 valence electrons. The van der Waals surface area contributed by atoms with Gasteiger partial charge in [-0.15, -0.1) is 0 Å². The smallest absolute Gasteiger partial charge is 0.295 e. The molecule has 1 atom stereocenters. The van der Waals surface area contributed by atoms with Gasteiger partial charge in [0.2, 0.25) is 0 Å². The first-order valence-electron chi connectivity index (χ1n) is 12.4. The van der Waals surface area contributed by atoms with Crippen LogP contribution in [0.2, 0.25) is 5.02 Å². The largest absolute Gasteiger partial charge is 0.588 e. The van der Waals surface area contributed by atoms with Crippen molar-refractivity contribution in [2.45, 2.75) is 30.6 Å². The van der Waals surface area contributed by atoms with Crippen LogP contribution in [0.3, 0.4) is 0 Å². The van der Waals surface area contributed by atoms with Crippen molar-refractivity contribution in [3.8, 4) is 22.8 Å². The Morgan fingerprint density at radius 3 is 2.67 bits per heavy atom. The topological polar surface area (TPSA) is 83.5 Å². The van der Waals surface area contributed by atoms with E-state index in [9.17, 15) is 18.1 Å². The lowest BCUT2D eigenvalue weighted by molar-refractivity contribution is 0.0977. The van der Waals surface area contributed by atoms with Crippen molar-refractivity contribution in [2.75, 3.05) is 13.7 Å². The number of halogens is 3. The van der Waals surface area contributed by atoms with Crippen LogP contribution >= 0.6 is 11.6 Å². The quantitative estimate of drug-likeness (QED) is 0.234. The van der Waals surface area contributed by atoms with Crippen molar-refractivity contribution in [1.82, 2.24) is 9.71 Å². The van der Waals surface area contributed by atoms with Crippen LogP contribution in [0.5, 0.6) is 11.5 Å². The Kier molecular flexibility index (Phi) is 8.20. The minimum absolute atomic E-state index is 0.101. The summed E-state index contributed by atoms with van der Waals surface area (Å²) in [5, 5.41) is 1.42. The normalized spacial score (nSPS) is 14.4. The zero-order chi connectivity index (χ0) is 27.5. The zero-order valence-electron chi connectivity index (χ0n) is 21.0. The standard InChI is InChI=1S/C29H25ClF2N2O4S/c1-37-26-9-6-19(31)13-23(26)28-21-8-7-20(12-18(21)10-11-33-28)39(36)34-29(35)22-14-24(30)27(15-25(22)32)38-16-17-4-2-3-5-17/h6-15,17H,2-5,16H2,1H3,(H,34,35). The van der Waals surface area contributed by atoms with Gasteiger partial charge in [0, 0.05) is 29.3 Å². The molecule has 10 heteroatoms. The average Bonchev–Trinajstić information content (AvgIpc) is 3.46. The third-order valence-corrected chi connectivity index (χ3v) is 8.12. The van der Waals surface area contributed by atoms with Crippen LogP contribution in [0.15, 0.2) is 65.7 Å². The fourth-order valence-electron chi connectivity index (χ4n) is 4.75. The molecule has 1 unspecified atom stereocenters. The van der Waals surface area contributed by atoms with Crippen molar-refractivity contribution in [3.05, 3.63) is 83.0 Å². The maximum Gasteiger partial charge on any atom is 0.295 e. The van der Waals surface area contributed by atoms with Crippen LogP contribution in [0, 0.1) is 17.6 Å². The Bertz CT molecular complexity index is 1530. The van der Waals surface area contributed by atoms with Crippen molar-refractivity contribution in [2.24, 2.45) is 5.92 Å². The lowest BCUT2D eigenvalue weighted by Gasteiger charge is -2.15. The second-order valence-electron chi connectivity index (χ2n) is 9.31. The maximum atomic E-state index is 14.8. The number of methoxy groups -OCH3 is 1. The number of aromatic nitrogens is 1. The number of carbonyl (C=O) groups is 1. The van der Waals surface area contributed by atoms with E-state index in [0.29, 0.717) is 40.3 Å². The molecule has 1 fully saturated rings. The Morgan fingerprint density at radius 1 is 1.10 bits per heavy atom. The first kappa shape index (κ1) is 27.2. The van der Waals surface area contributed by atoms with Gasteiger partial charge in [-0.2, -0.15) is 4.72 Å². The van der Waals surface area contributed by atoms with E-state index < -0.39 is 28.9 Å². The molecule has 39 heavy (non-hydrogen) atoms. The van der Waals surface area contributed by atoms with Crippen molar-refractivity contribution >= 4 is 39.6 Å². The van der Waals surface area contributed by atoms with Crippen LogP contribution < -0.4 is 14.2 Å². The summed E-state index contributed by atoms with van der Waals surface area (Å²) in [5.41, 5.74) is 0.609. The first-order chi connectivity index (χ1) is 18.8. The molecule has 6 nitrogen and oxygen atoms in total. The number of benzene rings is 3. The van der Waals surface area contributed by atoms with Crippen molar-refractivity contribution in [3.63, 3.8) is 0 Å².